The zero-order valence-electron chi connectivity index (χ0n) is 14.1. The summed E-state index contributed by atoms with van der Waals surface area (Å²) in [4.78, 5) is 11.6. The van der Waals surface area contributed by atoms with Crippen LogP contribution in [0.1, 0.15) is 64.1 Å². The first kappa shape index (κ1) is 17.7. The van der Waals surface area contributed by atoms with Crippen molar-refractivity contribution in [2.75, 3.05) is 13.1 Å². The normalized spacial score (nSPS) is 12.7. The van der Waals surface area contributed by atoms with Crippen molar-refractivity contribution >= 4 is 5.91 Å². The van der Waals surface area contributed by atoms with Crippen molar-refractivity contribution in [1.29, 1.82) is 0 Å². The maximum Gasteiger partial charge on any atom is 0.221 e. The molecule has 1 rings (SSSR count). The topological polar surface area (TPSA) is 41.1 Å². The number of nitrogens with one attached hydrogen (secondary N) is 2. The molecule has 1 atom stereocenters. The Kier molecular flexibility index (Phi) is 7.44. The van der Waals surface area contributed by atoms with Gasteiger partial charge in [-0.2, -0.15) is 0 Å². The predicted molar refractivity (Wildman–Crippen MR) is 89.4 cm³/mol. The van der Waals surface area contributed by atoms with E-state index in [0.29, 0.717) is 24.8 Å². The van der Waals surface area contributed by atoms with E-state index in [-0.39, 0.29) is 11.9 Å². The second-order valence-corrected chi connectivity index (χ2v) is 6.45. The number of hydrogen-bond acceptors (Lipinski definition) is 2. The van der Waals surface area contributed by atoms with Crippen LogP contribution in [0.2, 0.25) is 0 Å². The Balaban J connectivity index is 2.33. The minimum absolute atomic E-state index is 0.124. The summed E-state index contributed by atoms with van der Waals surface area (Å²) < 4.78 is 0. The molecule has 0 heterocycles. The second kappa shape index (κ2) is 8.83. The van der Waals surface area contributed by atoms with Gasteiger partial charge in [0.1, 0.15) is 0 Å². The number of carbonyl (C=O) groups is 1. The van der Waals surface area contributed by atoms with E-state index in [9.17, 15) is 4.79 Å². The van der Waals surface area contributed by atoms with Crippen molar-refractivity contribution in [1.82, 2.24) is 10.6 Å². The predicted octanol–water partition coefficient (Wildman–Crippen LogP) is 3.62. The van der Waals surface area contributed by atoms with Gasteiger partial charge in [0.25, 0.3) is 0 Å². The molecule has 0 bridgehead atoms. The highest BCUT2D eigenvalue weighted by atomic mass is 16.1. The van der Waals surface area contributed by atoms with E-state index < -0.39 is 0 Å². The molecular formula is C18H30N2O. The summed E-state index contributed by atoms with van der Waals surface area (Å²) in [6, 6.07) is 8.99. The highest BCUT2D eigenvalue weighted by molar-refractivity contribution is 5.76. The van der Waals surface area contributed by atoms with E-state index in [2.05, 4.69) is 69.5 Å². The van der Waals surface area contributed by atoms with E-state index in [1.807, 2.05) is 0 Å². The molecule has 21 heavy (non-hydrogen) atoms. The van der Waals surface area contributed by atoms with Gasteiger partial charge in [-0.25, -0.2) is 0 Å². The van der Waals surface area contributed by atoms with Crippen LogP contribution >= 0.6 is 0 Å². The minimum atomic E-state index is 0.124. The number of carbonyl (C=O) groups excluding carboxylic acids is 1. The average molecular weight is 290 g/mol. The van der Waals surface area contributed by atoms with Crippen LogP contribution in [-0.4, -0.2) is 19.0 Å². The SMILES string of the molecule is CC(C)CNC(=O)CCNC(C)c1ccc(C(C)C)cc1. The lowest BCUT2D eigenvalue weighted by molar-refractivity contribution is -0.121. The van der Waals surface area contributed by atoms with Gasteiger partial charge in [-0.3, -0.25) is 4.79 Å². The fraction of sp³-hybridized carbons (Fsp3) is 0.611. The molecule has 1 amide bonds. The van der Waals surface area contributed by atoms with Crippen molar-refractivity contribution < 1.29 is 4.79 Å². The molecule has 118 valence electrons. The molecule has 1 aromatic carbocycles. The Morgan fingerprint density at radius 3 is 2.10 bits per heavy atom. The Morgan fingerprint density at radius 1 is 1.00 bits per heavy atom. The lowest BCUT2D eigenvalue weighted by atomic mass is 9.99. The molecule has 0 saturated carbocycles. The van der Waals surface area contributed by atoms with Crippen LogP contribution in [0.3, 0.4) is 0 Å². The summed E-state index contributed by atoms with van der Waals surface area (Å²) in [5.74, 6) is 1.19. The van der Waals surface area contributed by atoms with Gasteiger partial charge in [-0.05, 0) is 29.9 Å². The summed E-state index contributed by atoms with van der Waals surface area (Å²) in [5, 5.41) is 6.34. The second-order valence-electron chi connectivity index (χ2n) is 6.45. The summed E-state index contributed by atoms with van der Waals surface area (Å²) in [6.07, 6.45) is 0.529. The van der Waals surface area contributed by atoms with Crippen LogP contribution in [0.4, 0.5) is 0 Å². The fourth-order valence-electron chi connectivity index (χ4n) is 2.10. The van der Waals surface area contributed by atoms with Crippen molar-refractivity contribution in [2.24, 2.45) is 5.92 Å². The van der Waals surface area contributed by atoms with Crippen LogP contribution in [0.15, 0.2) is 24.3 Å². The molecule has 2 N–H and O–H groups in total. The molecule has 0 fully saturated rings. The molecular weight excluding hydrogens is 260 g/mol. The van der Waals surface area contributed by atoms with Crippen LogP contribution < -0.4 is 10.6 Å². The molecule has 3 heteroatoms. The van der Waals surface area contributed by atoms with Crippen molar-refractivity contribution in [3.63, 3.8) is 0 Å². The van der Waals surface area contributed by atoms with E-state index >= 15 is 0 Å². The molecule has 0 aliphatic carbocycles. The van der Waals surface area contributed by atoms with Crippen LogP contribution in [0, 0.1) is 5.92 Å². The van der Waals surface area contributed by atoms with Gasteiger partial charge < -0.3 is 10.6 Å². The molecule has 0 radical (unpaired) electrons. The van der Waals surface area contributed by atoms with E-state index in [1.165, 1.54) is 11.1 Å². The van der Waals surface area contributed by atoms with Crippen molar-refractivity contribution in [3.05, 3.63) is 35.4 Å². The van der Waals surface area contributed by atoms with Gasteiger partial charge in [-0.1, -0.05) is 52.0 Å². The Morgan fingerprint density at radius 2 is 1.57 bits per heavy atom. The molecule has 0 aliphatic heterocycles. The summed E-state index contributed by atoms with van der Waals surface area (Å²) in [5.41, 5.74) is 2.63. The monoisotopic (exact) mass is 290 g/mol. The number of amides is 1. The highest BCUT2D eigenvalue weighted by Crippen LogP contribution is 2.18. The first-order valence-corrected chi connectivity index (χ1v) is 8.00. The van der Waals surface area contributed by atoms with Gasteiger partial charge in [0, 0.05) is 25.6 Å². The Hall–Kier alpha value is -1.35. The minimum Gasteiger partial charge on any atom is -0.356 e. The Bertz CT molecular complexity index is 423. The van der Waals surface area contributed by atoms with Gasteiger partial charge in [0.2, 0.25) is 5.91 Å². The van der Waals surface area contributed by atoms with Crippen LogP contribution in [0.5, 0.6) is 0 Å². The van der Waals surface area contributed by atoms with Crippen LogP contribution in [0.25, 0.3) is 0 Å². The molecule has 1 aromatic rings. The van der Waals surface area contributed by atoms with Crippen LogP contribution in [-0.2, 0) is 4.79 Å². The number of hydrogen-bond donors (Lipinski definition) is 2. The van der Waals surface area contributed by atoms with Gasteiger partial charge in [-0.15, -0.1) is 0 Å². The average Bonchev–Trinajstić information content (AvgIpc) is 2.45. The zero-order chi connectivity index (χ0) is 15.8. The van der Waals surface area contributed by atoms with E-state index in [4.69, 9.17) is 0 Å². The maximum atomic E-state index is 11.6. The van der Waals surface area contributed by atoms with Crippen molar-refractivity contribution in [3.8, 4) is 0 Å². The lowest BCUT2D eigenvalue weighted by Gasteiger charge is -2.15. The molecule has 0 aliphatic rings. The summed E-state index contributed by atoms with van der Waals surface area (Å²) in [7, 11) is 0. The highest BCUT2D eigenvalue weighted by Gasteiger charge is 2.07. The third-order valence-corrected chi connectivity index (χ3v) is 3.61. The summed E-state index contributed by atoms with van der Waals surface area (Å²) in [6.45, 7) is 12.2. The molecule has 0 spiro atoms. The Labute approximate surface area is 129 Å². The third-order valence-electron chi connectivity index (χ3n) is 3.61. The maximum absolute atomic E-state index is 11.6. The van der Waals surface area contributed by atoms with Gasteiger partial charge in [0.15, 0.2) is 0 Å². The first-order chi connectivity index (χ1) is 9.90. The molecule has 3 nitrogen and oxygen atoms in total. The van der Waals surface area contributed by atoms with Crippen molar-refractivity contribution in [2.45, 2.75) is 53.0 Å². The van der Waals surface area contributed by atoms with E-state index in [0.717, 1.165) is 6.54 Å². The lowest BCUT2D eigenvalue weighted by Crippen LogP contribution is -2.31. The molecule has 1 unspecified atom stereocenters. The fourth-order valence-corrected chi connectivity index (χ4v) is 2.10. The molecule has 0 aromatic heterocycles. The summed E-state index contributed by atoms with van der Waals surface area (Å²) >= 11 is 0. The van der Waals surface area contributed by atoms with Gasteiger partial charge >= 0.3 is 0 Å². The van der Waals surface area contributed by atoms with Gasteiger partial charge in [0.05, 0.1) is 0 Å². The van der Waals surface area contributed by atoms with E-state index in [1.54, 1.807) is 0 Å². The zero-order valence-corrected chi connectivity index (χ0v) is 14.1. The first-order valence-electron chi connectivity index (χ1n) is 8.00. The smallest absolute Gasteiger partial charge is 0.221 e. The quantitative estimate of drug-likeness (QED) is 0.767. The largest absolute Gasteiger partial charge is 0.356 e. The molecule has 0 saturated heterocycles. The third kappa shape index (κ3) is 6.76. The number of rotatable bonds is 8. The number of benzene rings is 1. The standard InChI is InChI=1S/C18H30N2O/c1-13(2)12-20-18(21)10-11-19-15(5)17-8-6-16(7-9-17)14(3)4/h6-9,13-15,19H,10-12H2,1-5H3,(H,20,21).